The lowest BCUT2D eigenvalue weighted by Gasteiger charge is -2.27. The highest BCUT2D eigenvalue weighted by atomic mass is 19.4. The van der Waals surface area contributed by atoms with Crippen molar-refractivity contribution in [3.05, 3.63) is 83.7 Å². The predicted molar refractivity (Wildman–Crippen MR) is 184 cm³/mol. The zero-order chi connectivity index (χ0) is 36.2. The number of pyridine rings is 2. The van der Waals surface area contributed by atoms with Crippen molar-refractivity contribution in [2.45, 2.75) is 68.8 Å². The van der Waals surface area contributed by atoms with Gasteiger partial charge in [0.1, 0.15) is 5.69 Å². The normalized spacial score (nSPS) is 18.6. The van der Waals surface area contributed by atoms with E-state index in [2.05, 4.69) is 40.7 Å². The van der Waals surface area contributed by atoms with Crippen LogP contribution in [0.2, 0.25) is 0 Å². The number of halogens is 6. The van der Waals surface area contributed by atoms with E-state index in [0.29, 0.717) is 30.3 Å². The molecule has 2 atom stereocenters. The Labute approximate surface area is 295 Å². The number of benzene rings is 2. The van der Waals surface area contributed by atoms with Gasteiger partial charge in [-0.25, -0.2) is 9.97 Å². The maximum absolute atomic E-state index is 14.8. The SMILES string of the molecule is FC(F)(F)c1nn(C2CCC(c3cc(-c4cn[nH]c4C(F)(F)F)nc4ccc5[nH]ncc5c34)C2)cc1-c1cc(C2CCC2)c2c(ccc3[nH]ncc32)n1. The lowest BCUT2D eigenvalue weighted by molar-refractivity contribution is -0.141. The first-order valence-corrected chi connectivity index (χ1v) is 17.3. The Morgan fingerprint density at radius 3 is 1.83 bits per heavy atom. The minimum absolute atomic E-state index is 0.0906. The van der Waals surface area contributed by atoms with E-state index in [1.54, 1.807) is 36.7 Å². The average molecular weight is 727 g/mol. The third-order valence-corrected chi connectivity index (χ3v) is 11.1. The highest BCUT2D eigenvalue weighted by Crippen LogP contribution is 2.48. The zero-order valence-electron chi connectivity index (χ0n) is 27.6. The molecule has 0 saturated heterocycles. The first kappa shape index (κ1) is 31.9. The fraction of sp³-hybridized carbons (Fsp3) is 0.297. The Kier molecular flexibility index (Phi) is 6.83. The van der Waals surface area contributed by atoms with E-state index >= 15 is 0 Å². The molecule has 10 rings (SSSR count). The second-order valence-electron chi connectivity index (χ2n) is 14.1. The smallest absolute Gasteiger partial charge is 0.278 e. The van der Waals surface area contributed by atoms with Gasteiger partial charge in [-0.2, -0.15) is 46.7 Å². The number of hydrogen-bond donors (Lipinski definition) is 3. The van der Waals surface area contributed by atoms with E-state index in [1.807, 2.05) is 12.1 Å². The molecule has 16 heteroatoms. The summed E-state index contributed by atoms with van der Waals surface area (Å²) in [6.45, 7) is 0. The number of rotatable bonds is 5. The number of fused-ring (bicyclic) bond motifs is 6. The van der Waals surface area contributed by atoms with Gasteiger partial charge in [0.05, 0.1) is 69.2 Å². The van der Waals surface area contributed by atoms with Crippen molar-refractivity contribution in [2.75, 3.05) is 0 Å². The Morgan fingerprint density at radius 1 is 0.642 bits per heavy atom. The molecule has 0 aliphatic heterocycles. The second-order valence-corrected chi connectivity index (χ2v) is 14.1. The highest BCUT2D eigenvalue weighted by molar-refractivity contribution is 6.08. The summed E-state index contributed by atoms with van der Waals surface area (Å²) in [5, 5.41) is 27.4. The van der Waals surface area contributed by atoms with Crippen molar-refractivity contribution in [3.63, 3.8) is 0 Å². The lowest BCUT2D eigenvalue weighted by atomic mass is 9.78. The molecule has 268 valence electrons. The monoisotopic (exact) mass is 726 g/mol. The van der Waals surface area contributed by atoms with Crippen LogP contribution in [-0.4, -0.2) is 50.3 Å². The second kappa shape index (κ2) is 11.3. The van der Waals surface area contributed by atoms with Gasteiger partial charge in [0.25, 0.3) is 0 Å². The summed E-state index contributed by atoms with van der Waals surface area (Å²) in [5.41, 5.74) is 2.34. The Balaban J connectivity index is 1.07. The van der Waals surface area contributed by atoms with Crippen LogP contribution < -0.4 is 0 Å². The van der Waals surface area contributed by atoms with Gasteiger partial charge in [-0.05, 0) is 91.5 Å². The summed E-state index contributed by atoms with van der Waals surface area (Å²) >= 11 is 0. The number of H-pyrrole nitrogens is 3. The van der Waals surface area contributed by atoms with Crippen molar-refractivity contribution in [1.82, 2.24) is 50.3 Å². The molecule has 10 nitrogen and oxygen atoms in total. The van der Waals surface area contributed by atoms with Crippen LogP contribution in [0.3, 0.4) is 0 Å². The van der Waals surface area contributed by atoms with Crippen LogP contribution in [0, 0.1) is 0 Å². The summed E-state index contributed by atoms with van der Waals surface area (Å²) < 4.78 is 87.5. The number of nitrogens with zero attached hydrogens (tertiary/aromatic N) is 7. The van der Waals surface area contributed by atoms with E-state index in [-0.39, 0.29) is 34.4 Å². The van der Waals surface area contributed by atoms with Crippen molar-refractivity contribution in [2.24, 2.45) is 0 Å². The maximum Gasteiger partial charge on any atom is 0.435 e. The van der Waals surface area contributed by atoms with Crippen LogP contribution in [0.25, 0.3) is 66.1 Å². The summed E-state index contributed by atoms with van der Waals surface area (Å²) in [4.78, 5) is 9.39. The highest BCUT2D eigenvalue weighted by Gasteiger charge is 2.41. The molecule has 2 aliphatic carbocycles. The van der Waals surface area contributed by atoms with Crippen molar-refractivity contribution in [3.8, 4) is 22.5 Å². The van der Waals surface area contributed by atoms with Crippen LogP contribution in [0.1, 0.15) is 78.9 Å². The number of aromatic amines is 3. The standard InChI is InChI=1S/C37H28F6N10/c38-36(39,40)34-24(15-46-51-34)30-12-21(33-23-14-45-50-27(23)7-9-29(33)47-30)18-4-5-19(10-18)53-16-25(35(52-53)37(41,42)43)31-11-20(17-2-1-3-17)32-22-13-44-49-26(22)6-8-28(32)48-31/h6-9,11-19H,1-5,10H2,(H,44,49)(H,45,50)(H,46,51). The van der Waals surface area contributed by atoms with E-state index in [0.717, 1.165) is 69.2 Å². The first-order valence-electron chi connectivity index (χ1n) is 17.3. The summed E-state index contributed by atoms with van der Waals surface area (Å²) in [7, 11) is 0. The number of nitrogens with one attached hydrogen (secondary N) is 3. The topological polar surface area (TPSA) is 130 Å². The molecular formula is C37H28F6N10. The molecule has 0 radical (unpaired) electrons. The molecule has 2 aliphatic rings. The maximum atomic E-state index is 14.8. The molecule has 6 aromatic heterocycles. The third kappa shape index (κ3) is 5.09. The van der Waals surface area contributed by atoms with Gasteiger partial charge < -0.3 is 0 Å². The van der Waals surface area contributed by atoms with Crippen LogP contribution in [0.5, 0.6) is 0 Å². The number of hydrogen-bond acceptors (Lipinski definition) is 6. The molecule has 0 bridgehead atoms. The van der Waals surface area contributed by atoms with Gasteiger partial charge in [-0.3, -0.25) is 20.0 Å². The minimum atomic E-state index is -4.75. The molecule has 2 unspecified atom stereocenters. The molecule has 6 heterocycles. The van der Waals surface area contributed by atoms with Gasteiger partial charge in [0.15, 0.2) is 5.69 Å². The van der Waals surface area contributed by atoms with Gasteiger partial charge in [-0.15, -0.1) is 0 Å². The largest absolute Gasteiger partial charge is 0.435 e. The molecule has 2 fully saturated rings. The number of alkyl halides is 6. The van der Waals surface area contributed by atoms with Gasteiger partial charge in [-0.1, -0.05) is 6.42 Å². The molecular weight excluding hydrogens is 698 g/mol. The van der Waals surface area contributed by atoms with Gasteiger partial charge in [0.2, 0.25) is 0 Å². The van der Waals surface area contributed by atoms with E-state index in [4.69, 9.17) is 4.98 Å². The molecule has 8 aromatic rings. The Morgan fingerprint density at radius 2 is 1.25 bits per heavy atom. The third-order valence-electron chi connectivity index (χ3n) is 11.1. The molecule has 2 saturated carbocycles. The molecule has 3 N–H and O–H groups in total. The van der Waals surface area contributed by atoms with Crippen molar-refractivity contribution < 1.29 is 26.3 Å². The van der Waals surface area contributed by atoms with Crippen LogP contribution in [0.15, 0.2) is 61.2 Å². The summed E-state index contributed by atoms with van der Waals surface area (Å²) in [6.07, 6.45) is 0.898. The Bertz CT molecular complexity index is 2710. The fourth-order valence-electron chi connectivity index (χ4n) is 8.36. The molecule has 53 heavy (non-hydrogen) atoms. The first-order chi connectivity index (χ1) is 25.5. The molecule has 0 amide bonds. The average Bonchev–Trinajstić information content (AvgIpc) is 3.94. The summed E-state index contributed by atoms with van der Waals surface area (Å²) in [6, 6.07) is 10.2. The van der Waals surface area contributed by atoms with Gasteiger partial charge >= 0.3 is 12.4 Å². The zero-order valence-corrected chi connectivity index (χ0v) is 27.6. The van der Waals surface area contributed by atoms with Gasteiger partial charge in [0, 0.05) is 27.7 Å². The van der Waals surface area contributed by atoms with Crippen LogP contribution in [0.4, 0.5) is 26.3 Å². The van der Waals surface area contributed by atoms with Crippen LogP contribution >= 0.6 is 0 Å². The van der Waals surface area contributed by atoms with E-state index in [1.165, 1.54) is 10.9 Å². The number of aromatic nitrogens is 10. The van der Waals surface area contributed by atoms with E-state index in [9.17, 15) is 26.3 Å². The molecule has 2 aromatic carbocycles. The predicted octanol–water partition coefficient (Wildman–Crippen LogP) is 9.60. The van der Waals surface area contributed by atoms with Crippen molar-refractivity contribution >= 4 is 43.6 Å². The van der Waals surface area contributed by atoms with Crippen molar-refractivity contribution in [1.29, 1.82) is 0 Å². The quantitative estimate of drug-likeness (QED) is 0.152. The van der Waals surface area contributed by atoms with Crippen LogP contribution in [-0.2, 0) is 12.4 Å². The molecule has 0 spiro atoms. The van der Waals surface area contributed by atoms with E-state index < -0.39 is 29.8 Å². The summed E-state index contributed by atoms with van der Waals surface area (Å²) in [5.74, 6) is -0.0230. The lowest BCUT2D eigenvalue weighted by Crippen LogP contribution is -2.12. The minimum Gasteiger partial charge on any atom is -0.278 e. The fourth-order valence-corrected chi connectivity index (χ4v) is 8.36. The Hall–Kier alpha value is -5.80.